The fraction of sp³-hybridized carbons (Fsp3) is 0.462. The Morgan fingerprint density at radius 2 is 2.15 bits per heavy atom. The van der Waals surface area contributed by atoms with Gasteiger partial charge in [-0.2, -0.15) is 0 Å². The summed E-state index contributed by atoms with van der Waals surface area (Å²) in [5.74, 6) is 0. The van der Waals surface area contributed by atoms with E-state index >= 15 is 0 Å². The fourth-order valence-corrected chi connectivity index (χ4v) is 4.27. The van der Waals surface area contributed by atoms with Crippen molar-refractivity contribution >= 4 is 64.2 Å². The Hall–Kier alpha value is -0.500. The van der Waals surface area contributed by atoms with E-state index in [1.165, 1.54) is 23.1 Å². The van der Waals surface area contributed by atoms with Crippen LogP contribution in [0.5, 0.6) is 0 Å². The minimum Gasteiger partial charge on any atom is -0.361 e. The lowest BCUT2D eigenvalue weighted by molar-refractivity contribution is -0.104. The molecule has 0 aliphatic heterocycles. The minimum atomic E-state index is 0.609. The van der Waals surface area contributed by atoms with E-state index in [0.29, 0.717) is 9.23 Å². The Morgan fingerprint density at radius 3 is 2.60 bits per heavy atom. The highest BCUT2D eigenvalue weighted by Crippen LogP contribution is 2.26. The number of rotatable bonds is 5. The highest BCUT2D eigenvalue weighted by atomic mass is 32.2. The molecular formula is C13H18N2OS4. The SMILES string of the molecule is CCN(C)C(=S)S/C(C=O)=C/c1sc(=S)n(CC)c1C. The largest absolute Gasteiger partial charge is 0.361 e. The van der Waals surface area contributed by atoms with Crippen molar-refractivity contribution in [3.05, 3.63) is 19.4 Å². The van der Waals surface area contributed by atoms with Gasteiger partial charge in [0.05, 0.1) is 9.78 Å². The Balaban J connectivity index is 3.04. The Morgan fingerprint density at radius 1 is 1.50 bits per heavy atom. The fourth-order valence-electron chi connectivity index (χ4n) is 1.52. The first kappa shape index (κ1) is 17.6. The van der Waals surface area contributed by atoms with E-state index in [1.807, 2.05) is 31.9 Å². The Labute approximate surface area is 138 Å². The van der Waals surface area contributed by atoms with Gasteiger partial charge in [0.2, 0.25) is 0 Å². The molecule has 110 valence electrons. The zero-order valence-electron chi connectivity index (χ0n) is 12.0. The molecule has 7 heteroatoms. The van der Waals surface area contributed by atoms with Crippen molar-refractivity contribution in [1.82, 2.24) is 9.47 Å². The molecule has 0 bridgehead atoms. The van der Waals surface area contributed by atoms with E-state index in [1.54, 1.807) is 0 Å². The van der Waals surface area contributed by atoms with Crippen LogP contribution in [0.25, 0.3) is 6.08 Å². The van der Waals surface area contributed by atoms with Gasteiger partial charge in [-0.1, -0.05) is 24.0 Å². The van der Waals surface area contributed by atoms with Crippen LogP contribution in [-0.4, -0.2) is 33.7 Å². The molecule has 1 heterocycles. The summed E-state index contributed by atoms with van der Waals surface area (Å²) in [5.41, 5.74) is 1.09. The normalized spacial score (nSPS) is 11.5. The van der Waals surface area contributed by atoms with Crippen molar-refractivity contribution in [1.29, 1.82) is 0 Å². The molecule has 0 unspecified atom stereocenters. The number of carbonyl (C=O) groups excluding carboxylic acids is 1. The zero-order valence-corrected chi connectivity index (χ0v) is 15.3. The van der Waals surface area contributed by atoms with Crippen LogP contribution < -0.4 is 0 Å². The number of thiazole rings is 1. The lowest BCUT2D eigenvalue weighted by Crippen LogP contribution is -2.21. The number of carbonyl (C=O) groups is 1. The van der Waals surface area contributed by atoms with Crippen LogP contribution in [0.3, 0.4) is 0 Å². The van der Waals surface area contributed by atoms with Gasteiger partial charge in [-0.05, 0) is 39.1 Å². The molecule has 0 aliphatic rings. The minimum absolute atomic E-state index is 0.609. The lowest BCUT2D eigenvalue weighted by Gasteiger charge is -2.16. The Bertz CT molecular complexity index is 586. The number of nitrogens with zero attached hydrogens (tertiary/aromatic N) is 2. The molecule has 1 aromatic heterocycles. The summed E-state index contributed by atoms with van der Waals surface area (Å²) in [7, 11) is 1.92. The van der Waals surface area contributed by atoms with Crippen LogP contribution in [-0.2, 0) is 11.3 Å². The van der Waals surface area contributed by atoms with Gasteiger partial charge in [-0.25, -0.2) is 0 Å². The summed E-state index contributed by atoms with van der Waals surface area (Å²) in [4.78, 5) is 14.8. The first-order chi connectivity index (χ1) is 9.44. The zero-order chi connectivity index (χ0) is 15.3. The molecule has 1 aromatic rings. The van der Waals surface area contributed by atoms with Crippen molar-refractivity contribution < 1.29 is 4.79 Å². The van der Waals surface area contributed by atoms with E-state index in [9.17, 15) is 4.79 Å². The van der Waals surface area contributed by atoms with Gasteiger partial charge in [-0.3, -0.25) is 4.79 Å². The summed E-state index contributed by atoms with van der Waals surface area (Å²) < 4.78 is 3.59. The van der Waals surface area contributed by atoms with Gasteiger partial charge in [-0.15, -0.1) is 11.3 Å². The van der Waals surface area contributed by atoms with Gasteiger partial charge in [0.25, 0.3) is 0 Å². The molecule has 0 radical (unpaired) electrons. The maximum absolute atomic E-state index is 11.2. The molecule has 0 spiro atoms. The number of aldehydes is 1. The van der Waals surface area contributed by atoms with Crippen LogP contribution >= 0.6 is 47.5 Å². The topological polar surface area (TPSA) is 25.2 Å². The van der Waals surface area contributed by atoms with Crippen LogP contribution in [0.4, 0.5) is 0 Å². The highest BCUT2D eigenvalue weighted by molar-refractivity contribution is 8.26. The third kappa shape index (κ3) is 4.25. The van der Waals surface area contributed by atoms with Crippen molar-refractivity contribution in [3.63, 3.8) is 0 Å². The summed E-state index contributed by atoms with van der Waals surface area (Å²) in [6, 6.07) is 0. The van der Waals surface area contributed by atoms with Crippen molar-refractivity contribution in [2.75, 3.05) is 13.6 Å². The quantitative estimate of drug-likeness (QED) is 0.454. The number of thioether (sulfide) groups is 1. The second kappa shape index (κ2) is 8.07. The number of hydrogen-bond acceptors (Lipinski definition) is 5. The van der Waals surface area contributed by atoms with Gasteiger partial charge in [0.15, 0.2) is 10.2 Å². The monoisotopic (exact) mass is 346 g/mol. The molecule has 0 aliphatic carbocycles. The van der Waals surface area contributed by atoms with Crippen molar-refractivity contribution in [2.24, 2.45) is 0 Å². The first-order valence-electron chi connectivity index (χ1n) is 6.24. The van der Waals surface area contributed by atoms with Gasteiger partial charge < -0.3 is 9.47 Å². The maximum atomic E-state index is 11.2. The van der Waals surface area contributed by atoms with Crippen LogP contribution in [0.1, 0.15) is 24.4 Å². The van der Waals surface area contributed by atoms with E-state index in [2.05, 4.69) is 11.5 Å². The van der Waals surface area contributed by atoms with Crippen LogP contribution in [0, 0.1) is 10.9 Å². The van der Waals surface area contributed by atoms with E-state index in [-0.39, 0.29) is 0 Å². The second-order valence-corrected chi connectivity index (χ2v) is 7.49. The predicted molar refractivity (Wildman–Crippen MR) is 96.1 cm³/mol. The van der Waals surface area contributed by atoms with Crippen molar-refractivity contribution in [3.8, 4) is 0 Å². The molecule has 0 aromatic carbocycles. The number of allylic oxidation sites excluding steroid dienone is 1. The van der Waals surface area contributed by atoms with Crippen LogP contribution in [0.15, 0.2) is 4.91 Å². The molecule has 0 saturated carbocycles. The second-order valence-electron chi connectivity index (χ2n) is 4.11. The third-order valence-corrected chi connectivity index (χ3v) is 5.87. The standard InChI is InChI=1S/C13H18N2OS4/c1-5-14(4)12(17)19-10(8-16)7-11-9(3)15(6-2)13(18)20-11/h7-8H,5-6H2,1-4H3/b10-7+. The summed E-state index contributed by atoms with van der Waals surface area (Å²) in [5, 5.41) is 0. The molecule has 20 heavy (non-hydrogen) atoms. The van der Waals surface area contributed by atoms with Gasteiger partial charge >= 0.3 is 0 Å². The highest BCUT2D eigenvalue weighted by Gasteiger charge is 2.10. The molecule has 0 saturated heterocycles. The van der Waals surface area contributed by atoms with Crippen LogP contribution in [0.2, 0.25) is 0 Å². The molecule has 0 N–H and O–H groups in total. The lowest BCUT2D eigenvalue weighted by atomic mass is 10.3. The Kier molecular flexibility index (Phi) is 7.08. The average molecular weight is 347 g/mol. The summed E-state index contributed by atoms with van der Waals surface area (Å²) in [6.07, 6.45) is 2.72. The predicted octanol–water partition coefficient (Wildman–Crippen LogP) is 4.12. The van der Waals surface area contributed by atoms with Gasteiger partial charge in [0, 0.05) is 25.8 Å². The average Bonchev–Trinajstić information content (AvgIpc) is 2.70. The molecule has 0 fully saturated rings. The number of hydrogen-bond donors (Lipinski definition) is 0. The molecule has 1 rings (SSSR count). The molecular weight excluding hydrogens is 328 g/mol. The third-order valence-electron chi connectivity index (χ3n) is 2.88. The number of thiocarbonyl (C=S) groups is 1. The maximum Gasteiger partial charge on any atom is 0.161 e. The molecule has 3 nitrogen and oxygen atoms in total. The molecule has 0 atom stereocenters. The summed E-state index contributed by atoms with van der Waals surface area (Å²) >= 11 is 13.4. The van der Waals surface area contributed by atoms with Gasteiger partial charge in [0.1, 0.15) is 4.32 Å². The smallest absolute Gasteiger partial charge is 0.161 e. The van der Waals surface area contributed by atoms with E-state index in [0.717, 1.165) is 33.9 Å². The molecule has 0 amide bonds. The van der Waals surface area contributed by atoms with E-state index < -0.39 is 0 Å². The summed E-state index contributed by atoms with van der Waals surface area (Å²) in [6.45, 7) is 7.76. The van der Waals surface area contributed by atoms with Crippen molar-refractivity contribution in [2.45, 2.75) is 27.3 Å². The number of aromatic nitrogens is 1. The first-order valence-corrected chi connectivity index (χ1v) is 8.69. The van der Waals surface area contributed by atoms with E-state index in [4.69, 9.17) is 24.4 Å².